The van der Waals surface area contributed by atoms with Gasteiger partial charge in [0.15, 0.2) is 11.6 Å². The summed E-state index contributed by atoms with van der Waals surface area (Å²) >= 11 is 6.79. The number of carbonyl (C=O) groups excluding carboxylic acids is 2. The molecule has 39 heavy (non-hydrogen) atoms. The molecule has 1 unspecified atom stereocenters. The van der Waals surface area contributed by atoms with Crippen LogP contribution in [0.4, 0.5) is 10.2 Å². The summed E-state index contributed by atoms with van der Waals surface area (Å²) in [5.74, 6) is -1.36. The number of benzene rings is 1. The Labute approximate surface area is 229 Å². The summed E-state index contributed by atoms with van der Waals surface area (Å²) in [5, 5.41) is 12.3. The highest BCUT2D eigenvalue weighted by atomic mass is 35.5. The van der Waals surface area contributed by atoms with Crippen molar-refractivity contribution in [2.45, 2.75) is 19.0 Å². The molecule has 2 amide bonds. The summed E-state index contributed by atoms with van der Waals surface area (Å²) < 4.78 is 21.2. The molecule has 0 bridgehead atoms. The van der Waals surface area contributed by atoms with Gasteiger partial charge in [0.1, 0.15) is 34.5 Å². The predicted molar refractivity (Wildman–Crippen MR) is 142 cm³/mol. The zero-order valence-corrected chi connectivity index (χ0v) is 22.1. The molecule has 4 aliphatic rings. The van der Waals surface area contributed by atoms with Gasteiger partial charge in [-0.05, 0) is 25.1 Å². The van der Waals surface area contributed by atoms with E-state index in [4.69, 9.17) is 21.3 Å². The first kappa shape index (κ1) is 25.1. The maximum atomic E-state index is 15.0. The van der Waals surface area contributed by atoms with Gasteiger partial charge in [0.2, 0.25) is 5.91 Å². The van der Waals surface area contributed by atoms with Crippen molar-refractivity contribution in [3.05, 3.63) is 70.9 Å². The van der Waals surface area contributed by atoms with Crippen molar-refractivity contribution in [1.29, 1.82) is 0 Å². The van der Waals surface area contributed by atoms with E-state index in [0.717, 1.165) is 11.3 Å². The Hall–Kier alpha value is -4.25. The lowest BCUT2D eigenvalue weighted by atomic mass is 10.0. The fraction of sp³-hybridized carbons (Fsp3) is 0.296. The minimum Gasteiger partial charge on any atom is -0.507 e. The van der Waals surface area contributed by atoms with Crippen LogP contribution >= 0.6 is 11.6 Å². The Kier molecular flexibility index (Phi) is 5.91. The molecule has 0 aliphatic carbocycles. The standard InChI is InChI=1S/C27H26ClFN6O4/c1-4-20(37)33-8-9-34-15(10-33)13-39-25-22(27(34)38)26(35-12-18-16(14(35)2)11-32(3)31-18)30-24(23(25)28)21-17(29)6-5-7-19(21)36/h4-7,11-12,14-15,31,36H,1,8-10,13H2,2-3H3/t14?,15-/m1/s1. The number of aromatic hydroxyl groups is 1. The van der Waals surface area contributed by atoms with Crippen molar-refractivity contribution in [3.63, 3.8) is 0 Å². The number of rotatable bonds is 3. The van der Waals surface area contributed by atoms with Gasteiger partial charge in [-0.3, -0.25) is 20.0 Å². The number of phenols is 1. The number of fused-ring (bicyclic) bond motifs is 3. The molecular formula is C27H26ClFN6O4. The number of aromatic nitrogens is 1. The Balaban J connectivity index is 1.52. The van der Waals surface area contributed by atoms with Crippen LogP contribution in [0.2, 0.25) is 5.02 Å². The van der Waals surface area contributed by atoms with Crippen molar-refractivity contribution in [3.8, 4) is 22.8 Å². The number of nitrogens with zero attached hydrogens (tertiary/aromatic N) is 5. The number of carbonyl (C=O) groups is 2. The van der Waals surface area contributed by atoms with Gasteiger partial charge in [-0.15, -0.1) is 0 Å². The largest absolute Gasteiger partial charge is 0.507 e. The quantitative estimate of drug-likeness (QED) is 0.561. The zero-order chi connectivity index (χ0) is 27.6. The van der Waals surface area contributed by atoms with E-state index in [1.165, 1.54) is 24.3 Å². The number of piperazine rings is 1. The van der Waals surface area contributed by atoms with Gasteiger partial charge in [0.05, 0.1) is 23.3 Å². The lowest BCUT2D eigenvalue weighted by Gasteiger charge is -2.39. The number of hydrogen-bond donors (Lipinski definition) is 2. The summed E-state index contributed by atoms with van der Waals surface area (Å²) in [6, 6.07) is 3.25. The molecule has 6 rings (SSSR count). The number of ether oxygens (including phenoxy) is 1. The van der Waals surface area contributed by atoms with Gasteiger partial charge in [-0.2, -0.15) is 0 Å². The van der Waals surface area contributed by atoms with Crippen LogP contribution in [0.1, 0.15) is 17.3 Å². The molecule has 2 N–H and O–H groups in total. The monoisotopic (exact) mass is 552 g/mol. The van der Waals surface area contributed by atoms with E-state index in [-0.39, 0.29) is 76.7 Å². The van der Waals surface area contributed by atoms with E-state index in [1.807, 2.05) is 36.3 Å². The molecule has 12 heteroatoms. The normalized spacial score (nSPS) is 21.8. The highest BCUT2D eigenvalue weighted by molar-refractivity contribution is 6.35. The Morgan fingerprint density at radius 1 is 1.31 bits per heavy atom. The van der Waals surface area contributed by atoms with Crippen LogP contribution in [0, 0.1) is 5.82 Å². The van der Waals surface area contributed by atoms with Crippen LogP contribution in [0.15, 0.2) is 54.5 Å². The minimum atomic E-state index is -0.720. The Morgan fingerprint density at radius 2 is 2.10 bits per heavy atom. The average molecular weight is 553 g/mol. The molecule has 4 aliphatic heterocycles. The number of hydrazine groups is 1. The number of hydrogen-bond acceptors (Lipinski definition) is 8. The summed E-state index contributed by atoms with van der Waals surface area (Å²) in [6.45, 7) is 6.46. The number of halogens is 2. The second-order valence-corrected chi connectivity index (χ2v) is 10.2. The molecule has 0 radical (unpaired) electrons. The van der Waals surface area contributed by atoms with Gasteiger partial charge in [-0.25, -0.2) is 9.37 Å². The summed E-state index contributed by atoms with van der Waals surface area (Å²) in [6.07, 6.45) is 5.02. The molecule has 2 aromatic rings. The second-order valence-electron chi connectivity index (χ2n) is 9.82. The maximum absolute atomic E-state index is 15.0. The molecule has 5 heterocycles. The summed E-state index contributed by atoms with van der Waals surface area (Å²) in [5.41, 5.74) is 4.95. The third-order valence-corrected chi connectivity index (χ3v) is 7.84. The van der Waals surface area contributed by atoms with Crippen LogP contribution in [-0.2, 0) is 4.79 Å². The SMILES string of the molecule is C=CC(=O)N1CCN2C(=O)c3c(N4C=C5NN(C)C=C5C4C)nc(-c4c(O)cccc4F)c(Cl)c3OC[C@H]2C1. The third-order valence-electron chi connectivity index (χ3n) is 7.49. The van der Waals surface area contributed by atoms with Gasteiger partial charge >= 0.3 is 0 Å². The first-order valence-corrected chi connectivity index (χ1v) is 12.9. The second kappa shape index (κ2) is 9.19. The predicted octanol–water partition coefficient (Wildman–Crippen LogP) is 2.86. The lowest BCUT2D eigenvalue weighted by molar-refractivity contribution is -0.128. The number of phenolic OH excluding ortho intramolecular Hbond substituents is 1. The molecule has 1 saturated heterocycles. The Morgan fingerprint density at radius 3 is 2.82 bits per heavy atom. The van der Waals surface area contributed by atoms with E-state index >= 15 is 4.39 Å². The first-order chi connectivity index (χ1) is 18.7. The molecule has 0 saturated carbocycles. The number of amides is 2. The van der Waals surface area contributed by atoms with E-state index in [0.29, 0.717) is 6.54 Å². The van der Waals surface area contributed by atoms with E-state index in [2.05, 4.69) is 12.0 Å². The molecule has 0 spiro atoms. The van der Waals surface area contributed by atoms with Crippen LogP contribution in [0.5, 0.6) is 11.5 Å². The smallest absolute Gasteiger partial charge is 0.261 e. The van der Waals surface area contributed by atoms with Crippen molar-refractivity contribution in [2.24, 2.45) is 0 Å². The highest BCUT2D eigenvalue weighted by Crippen LogP contribution is 2.47. The van der Waals surface area contributed by atoms with Crippen LogP contribution in [-0.4, -0.2) is 82.1 Å². The minimum absolute atomic E-state index is 0.0427. The van der Waals surface area contributed by atoms with Crippen molar-refractivity contribution in [1.82, 2.24) is 25.2 Å². The highest BCUT2D eigenvalue weighted by Gasteiger charge is 2.43. The Bertz CT molecular complexity index is 1470. The van der Waals surface area contributed by atoms with E-state index in [1.54, 1.807) is 9.80 Å². The van der Waals surface area contributed by atoms with Crippen molar-refractivity contribution >= 4 is 29.2 Å². The molecule has 1 fully saturated rings. The van der Waals surface area contributed by atoms with E-state index in [9.17, 15) is 14.7 Å². The average Bonchev–Trinajstić information content (AvgIpc) is 3.38. The third kappa shape index (κ3) is 3.87. The number of anilines is 1. The van der Waals surface area contributed by atoms with Crippen molar-refractivity contribution in [2.75, 3.05) is 38.2 Å². The number of pyridine rings is 1. The first-order valence-electron chi connectivity index (χ1n) is 12.5. The molecule has 10 nitrogen and oxygen atoms in total. The van der Waals surface area contributed by atoms with Gasteiger partial charge in [0, 0.05) is 44.7 Å². The fourth-order valence-electron chi connectivity index (χ4n) is 5.52. The maximum Gasteiger partial charge on any atom is 0.261 e. The molecule has 2 atom stereocenters. The molecule has 1 aromatic heterocycles. The lowest BCUT2D eigenvalue weighted by Crippen LogP contribution is -2.57. The zero-order valence-electron chi connectivity index (χ0n) is 21.3. The van der Waals surface area contributed by atoms with Crippen LogP contribution in [0.25, 0.3) is 11.3 Å². The van der Waals surface area contributed by atoms with Gasteiger partial charge in [0.25, 0.3) is 5.91 Å². The van der Waals surface area contributed by atoms with Gasteiger partial charge in [-0.1, -0.05) is 24.2 Å². The van der Waals surface area contributed by atoms with Crippen molar-refractivity contribution < 1.29 is 23.8 Å². The summed E-state index contributed by atoms with van der Waals surface area (Å²) in [7, 11) is 1.88. The van der Waals surface area contributed by atoms with E-state index < -0.39 is 11.9 Å². The van der Waals surface area contributed by atoms with Gasteiger partial charge < -0.3 is 24.5 Å². The number of nitrogens with one attached hydrogen (secondary N) is 1. The topological polar surface area (TPSA) is 101 Å². The summed E-state index contributed by atoms with van der Waals surface area (Å²) in [4.78, 5) is 36.2. The van der Waals surface area contributed by atoms with Crippen LogP contribution < -0.4 is 15.1 Å². The molecular weight excluding hydrogens is 527 g/mol. The molecule has 202 valence electrons. The van der Waals surface area contributed by atoms with Crippen LogP contribution in [0.3, 0.4) is 0 Å². The molecule has 1 aromatic carbocycles. The fourth-order valence-corrected chi connectivity index (χ4v) is 5.81.